The molecule has 1 heterocycles. The molecule has 1 aliphatic heterocycles. The van der Waals surface area contributed by atoms with Gasteiger partial charge in [-0.1, -0.05) is 6.07 Å². The van der Waals surface area contributed by atoms with Gasteiger partial charge in [-0.3, -0.25) is 4.79 Å². The first kappa shape index (κ1) is 17.1. The second-order valence-electron chi connectivity index (χ2n) is 4.81. The van der Waals surface area contributed by atoms with Gasteiger partial charge >= 0.3 is 0 Å². The highest BCUT2D eigenvalue weighted by molar-refractivity contribution is 8.00. The molecular formula is C14H21ClN2O2S. The number of nitrogen functional groups attached to an aromatic ring is 1. The number of nitrogens with one attached hydrogen (secondary N) is 1. The van der Waals surface area contributed by atoms with E-state index in [4.69, 9.17) is 10.5 Å². The maximum atomic E-state index is 12.1. The molecular weight excluding hydrogens is 296 g/mol. The SMILES string of the molecule is CSC1(CNC(=O)c2cccc(N)c2)CCOCC1.Cl. The number of nitrogens with two attached hydrogens (primary N) is 1. The van der Waals surface area contributed by atoms with Crippen LogP contribution in [0.4, 0.5) is 5.69 Å². The van der Waals surface area contributed by atoms with Crippen LogP contribution in [-0.2, 0) is 4.74 Å². The Morgan fingerprint density at radius 1 is 1.45 bits per heavy atom. The zero-order valence-corrected chi connectivity index (χ0v) is 13.2. The Bertz CT molecular complexity index is 451. The highest BCUT2D eigenvalue weighted by Crippen LogP contribution is 2.33. The standard InChI is InChI=1S/C14H20N2O2S.ClH/c1-19-14(5-7-18-8-6-14)10-16-13(17)11-3-2-4-12(15)9-11;/h2-4,9H,5-8,10,15H2,1H3,(H,16,17);1H. The van der Waals surface area contributed by atoms with Crippen LogP contribution in [-0.4, -0.2) is 36.7 Å². The molecule has 112 valence electrons. The Hall–Kier alpha value is -0.910. The third-order valence-corrected chi connectivity index (χ3v) is 4.98. The highest BCUT2D eigenvalue weighted by Gasteiger charge is 2.32. The molecule has 4 nitrogen and oxygen atoms in total. The predicted molar refractivity (Wildman–Crippen MR) is 86.7 cm³/mol. The van der Waals surface area contributed by atoms with Crippen molar-refractivity contribution in [2.24, 2.45) is 0 Å². The normalized spacial score (nSPS) is 17.1. The summed E-state index contributed by atoms with van der Waals surface area (Å²) in [6.45, 7) is 2.22. The summed E-state index contributed by atoms with van der Waals surface area (Å²) in [5.41, 5.74) is 6.91. The highest BCUT2D eigenvalue weighted by atomic mass is 35.5. The number of hydrogen-bond acceptors (Lipinski definition) is 4. The molecule has 1 aromatic carbocycles. The van der Waals surface area contributed by atoms with Crippen LogP contribution < -0.4 is 11.1 Å². The van der Waals surface area contributed by atoms with E-state index in [-0.39, 0.29) is 23.1 Å². The van der Waals surface area contributed by atoms with Crippen molar-refractivity contribution >= 4 is 35.8 Å². The van der Waals surface area contributed by atoms with E-state index in [1.54, 1.807) is 24.3 Å². The molecule has 1 saturated heterocycles. The number of carbonyl (C=O) groups excluding carboxylic acids is 1. The fraction of sp³-hybridized carbons (Fsp3) is 0.500. The summed E-state index contributed by atoms with van der Waals surface area (Å²) in [4.78, 5) is 12.1. The molecule has 6 heteroatoms. The molecule has 0 saturated carbocycles. The van der Waals surface area contributed by atoms with E-state index in [1.165, 1.54) is 0 Å². The average Bonchev–Trinajstić information content (AvgIpc) is 2.46. The monoisotopic (exact) mass is 316 g/mol. The van der Waals surface area contributed by atoms with E-state index in [9.17, 15) is 4.79 Å². The van der Waals surface area contributed by atoms with Gasteiger partial charge in [0.05, 0.1) is 0 Å². The molecule has 0 radical (unpaired) electrons. The number of rotatable bonds is 4. The number of anilines is 1. The third kappa shape index (κ3) is 4.30. The van der Waals surface area contributed by atoms with Gasteiger partial charge in [0.25, 0.3) is 5.91 Å². The fourth-order valence-corrected chi connectivity index (χ4v) is 3.01. The van der Waals surface area contributed by atoms with Gasteiger partial charge in [-0.2, -0.15) is 11.8 Å². The molecule has 0 bridgehead atoms. The maximum absolute atomic E-state index is 12.1. The summed E-state index contributed by atoms with van der Waals surface area (Å²) in [6.07, 6.45) is 4.05. The summed E-state index contributed by atoms with van der Waals surface area (Å²) < 4.78 is 5.50. The Labute approximate surface area is 130 Å². The van der Waals surface area contributed by atoms with Crippen molar-refractivity contribution in [3.05, 3.63) is 29.8 Å². The minimum atomic E-state index is -0.0628. The van der Waals surface area contributed by atoms with Crippen molar-refractivity contribution in [3.63, 3.8) is 0 Å². The fourth-order valence-electron chi connectivity index (χ4n) is 2.22. The minimum Gasteiger partial charge on any atom is -0.399 e. The molecule has 0 atom stereocenters. The predicted octanol–water partition coefficient (Wildman–Crippen LogP) is 2.33. The van der Waals surface area contributed by atoms with Crippen LogP contribution in [0.15, 0.2) is 24.3 Å². The number of carbonyl (C=O) groups is 1. The number of amides is 1. The maximum Gasteiger partial charge on any atom is 0.251 e. The number of hydrogen-bond donors (Lipinski definition) is 2. The van der Waals surface area contributed by atoms with Crippen LogP contribution in [0.3, 0.4) is 0 Å². The number of benzene rings is 1. The zero-order chi connectivity index (χ0) is 13.7. The molecule has 1 aliphatic rings. The van der Waals surface area contributed by atoms with Crippen LogP contribution in [0.25, 0.3) is 0 Å². The first-order valence-electron chi connectivity index (χ1n) is 6.42. The van der Waals surface area contributed by atoms with Crippen molar-refractivity contribution in [1.29, 1.82) is 0 Å². The van der Waals surface area contributed by atoms with Crippen molar-refractivity contribution in [1.82, 2.24) is 5.32 Å². The summed E-state index contributed by atoms with van der Waals surface area (Å²) in [5, 5.41) is 3.02. The summed E-state index contributed by atoms with van der Waals surface area (Å²) in [7, 11) is 0. The zero-order valence-electron chi connectivity index (χ0n) is 11.6. The molecule has 1 amide bonds. The van der Waals surface area contributed by atoms with E-state index >= 15 is 0 Å². The Kier molecular flexibility index (Phi) is 6.65. The number of halogens is 1. The Balaban J connectivity index is 0.00000200. The van der Waals surface area contributed by atoms with E-state index in [0.29, 0.717) is 17.8 Å². The lowest BCUT2D eigenvalue weighted by atomic mass is 9.99. The van der Waals surface area contributed by atoms with Crippen LogP contribution in [0.2, 0.25) is 0 Å². The summed E-state index contributed by atoms with van der Waals surface area (Å²) >= 11 is 1.81. The number of ether oxygens (including phenoxy) is 1. The topological polar surface area (TPSA) is 64.4 Å². The van der Waals surface area contributed by atoms with E-state index in [2.05, 4.69) is 11.6 Å². The lowest BCUT2D eigenvalue weighted by molar-refractivity contribution is 0.0742. The van der Waals surface area contributed by atoms with Gasteiger partial charge in [0, 0.05) is 35.8 Å². The van der Waals surface area contributed by atoms with Crippen LogP contribution in [0.5, 0.6) is 0 Å². The summed E-state index contributed by atoms with van der Waals surface area (Å²) in [6, 6.07) is 7.05. The van der Waals surface area contributed by atoms with Crippen LogP contribution in [0.1, 0.15) is 23.2 Å². The largest absolute Gasteiger partial charge is 0.399 e. The van der Waals surface area contributed by atoms with E-state index < -0.39 is 0 Å². The van der Waals surface area contributed by atoms with Crippen molar-refractivity contribution in [3.8, 4) is 0 Å². The Morgan fingerprint density at radius 3 is 2.75 bits per heavy atom. The average molecular weight is 317 g/mol. The first-order chi connectivity index (χ1) is 9.15. The quantitative estimate of drug-likeness (QED) is 0.837. The molecule has 0 aromatic heterocycles. The second kappa shape index (κ2) is 7.76. The molecule has 0 unspecified atom stereocenters. The van der Waals surface area contributed by atoms with Gasteiger partial charge in [-0.05, 0) is 37.3 Å². The molecule has 3 N–H and O–H groups in total. The van der Waals surface area contributed by atoms with Crippen molar-refractivity contribution < 1.29 is 9.53 Å². The van der Waals surface area contributed by atoms with Gasteiger partial charge in [-0.15, -0.1) is 12.4 Å². The van der Waals surface area contributed by atoms with Crippen molar-refractivity contribution in [2.75, 3.05) is 31.7 Å². The lowest BCUT2D eigenvalue weighted by Gasteiger charge is -2.35. The van der Waals surface area contributed by atoms with Crippen LogP contribution >= 0.6 is 24.2 Å². The number of thioether (sulfide) groups is 1. The van der Waals surface area contributed by atoms with Crippen molar-refractivity contribution in [2.45, 2.75) is 17.6 Å². The molecule has 20 heavy (non-hydrogen) atoms. The van der Waals surface area contributed by atoms with E-state index in [1.807, 2.05) is 11.8 Å². The Morgan fingerprint density at radius 2 is 2.15 bits per heavy atom. The molecule has 0 aliphatic carbocycles. The molecule has 2 rings (SSSR count). The van der Waals surface area contributed by atoms with E-state index in [0.717, 1.165) is 26.1 Å². The molecule has 1 fully saturated rings. The first-order valence-corrected chi connectivity index (χ1v) is 7.64. The van der Waals surface area contributed by atoms with Gasteiger partial charge in [0.1, 0.15) is 0 Å². The molecule has 0 spiro atoms. The van der Waals surface area contributed by atoms with Crippen LogP contribution in [0, 0.1) is 0 Å². The molecule has 1 aromatic rings. The lowest BCUT2D eigenvalue weighted by Crippen LogP contribution is -2.44. The van der Waals surface area contributed by atoms with Gasteiger partial charge in [0.15, 0.2) is 0 Å². The minimum absolute atomic E-state index is 0. The van der Waals surface area contributed by atoms with Gasteiger partial charge < -0.3 is 15.8 Å². The van der Waals surface area contributed by atoms with Gasteiger partial charge in [0.2, 0.25) is 0 Å². The second-order valence-corrected chi connectivity index (χ2v) is 6.08. The smallest absolute Gasteiger partial charge is 0.251 e. The third-order valence-electron chi connectivity index (χ3n) is 3.56. The summed E-state index contributed by atoms with van der Waals surface area (Å²) in [5.74, 6) is -0.0628. The van der Waals surface area contributed by atoms with Gasteiger partial charge in [-0.25, -0.2) is 0 Å².